The number of carboxylic acid groups (broad SMARTS) is 1. The number of carbonyl (C=O) groups is 8. The first-order valence-corrected chi connectivity index (χ1v) is 20.5. The minimum absolute atomic E-state index is 0.0637. The van der Waals surface area contributed by atoms with E-state index in [2.05, 4.69) is 36.0 Å². The van der Waals surface area contributed by atoms with Crippen LogP contribution in [0.3, 0.4) is 0 Å². The Morgan fingerprint density at radius 2 is 1.24 bits per heavy atom. The zero-order valence-electron chi connectivity index (χ0n) is 33.7. The lowest BCUT2D eigenvalue weighted by molar-refractivity contribution is -0.160. The van der Waals surface area contributed by atoms with Crippen LogP contribution < -0.4 is 38.2 Å². The van der Waals surface area contributed by atoms with Crippen molar-refractivity contribution >= 4 is 55.3 Å². The molecule has 9 atom stereocenters. The zero-order chi connectivity index (χ0) is 47.3. The molecule has 354 valence electrons. The summed E-state index contributed by atoms with van der Waals surface area (Å²) in [4.78, 5) is 123. The maximum Gasteiger partial charge on any atom is 0.525 e. The fourth-order valence-electron chi connectivity index (χ4n) is 5.18. The Hall–Kier alpha value is -5.03. The van der Waals surface area contributed by atoms with Crippen molar-refractivity contribution in [3.63, 3.8) is 0 Å². The van der Waals surface area contributed by atoms with Crippen LogP contribution in [0.4, 0.5) is 0 Å². The van der Waals surface area contributed by atoms with Gasteiger partial charge in [-0.05, 0) is 65.5 Å². The van der Waals surface area contributed by atoms with Gasteiger partial charge in [-0.15, -0.1) is 5.48 Å². The quantitative estimate of drug-likeness (QED) is 0.0105. The van der Waals surface area contributed by atoms with Crippen molar-refractivity contribution in [2.24, 2.45) is 11.5 Å². The van der Waals surface area contributed by atoms with Gasteiger partial charge in [-0.1, -0.05) is 0 Å². The number of phosphoric acid groups is 1. The van der Waals surface area contributed by atoms with Crippen LogP contribution in [-0.4, -0.2) is 169 Å². The number of phosphoric ester groups is 1. The van der Waals surface area contributed by atoms with Crippen LogP contribution in [0.2, 0.25) is 0 Å². The minimum atomic E-state index is -5.30. The van der Waals surface area contributed by atoms with E-state index in [0.717, 1.165) is 13.8 Å². The molecule has 62 heavy (non-hydrogen) atoms. The van der Waals surface area contributed by atoms with Crippen molar-refractivity contribution in [2.45, 2.75) is 120 Å². The summed E-state index contributed by atoms with van der Waals surface area (Å²) in [7, 11) is -5.30. The van der Waals surface area contributed by atoms with Crippen molar-refractivity contribution in [3.05, 3.63) is 11.5 Å². The third-order valence-corrected chi connectivity index (χ3v) is 8.93. The van der Waals surface area contributed by atoms with Gasteiger partial charge in [0.1, 0.15) is 42.9 Å². The van der Waals surface area contributed by atoms with Crippen LogP contribution >= 0.6 is 7.82 Å². The normalized spacial score (nSPS) is 17.8. The number of nitrogens with one attached hydrogen (secondary N) is 5. The lowest BCUT2D eigenvalue weighted by Gasteiger charge is -2.28. The summed E-state index contributed by atoms with van der Waals surface area (Å²) >= 11 is 0. The average molecular weight is 918 g/mol. The van der Waals surface area contributed by atoms with Crippen LogP contribution in [-0.2, 0) is 61.8 Å². The van der Waals surface area contributed by atoms with Crippen molar-refractivity contribution in [1.82, 2.24) is 26.7 Å². The first kappa shape index (κ1) is 55.0. The van der Waals surface area contributed by atoms with Gasteiger partial charge in [0.25, 0.3) is 5.76 Å². The topological polar surface area (TPSA) is 465 Å². The number of nitrogens with two attached hydrogens (primary N) is 2. The highest BCUT2D eigenvalue weighted by atomic mass is 31.2. The van der Waals surface area contributed by atoms with Gasteiger partial charge in [-0.25, -0.2) is 14.2 Å². The predicted molar refractivity (Wildman–Crippen MR) is 203 cm³/mol. The molecule has 29 heteroatoms. The van der Waals surface area contributed by atoms with E-state index in [-0.39, 0.29) is 38.8 Å². The summed E-state index contributed by atoms with van der Waals surface area (Å²) in [5.41, 5.74) is 13.2. The number of aliphatic hydroxyl groups is 5. The summed E-state index contributed by atoms with van der Waals surface area (Å²) in [6.45, 7) is 0.720. The Kier molecular flexibility index (Phi) is 24.1. The Bertz CT molecular complexity index is 1640. The number of ether oxygens (including phenoxy) is 2. The highest BCUT2D eigenvalue weighted by Gasteiger charge is 2.43. The summed E-state index contributed by atoms with van der Waals surface area (Å²) in [6.07, 6.45) is -7.31. The Labute approximate surface area is 353 Å². The molecule has 1 heterocycles. The molecule has 0 aromatic carbocycles. The van der Waals surface area contributed by atoms with Gasteiger partial charge in [0.2, 0.25) is 23.6 Å². The molecule has 0 bridgehead atoms. The zero-order valence-corrected chi connectivity index (χ0v) is 34.6. The molecule has 0 spiro atoms. The highest BCUT2D eigenvalue weighted by molar-refractivity contribution is 7.46. The van der Waals surface area contributed by atoms with Crippen LogP contribution in [0, 0.1) is 0 Å². The van der Waals surface area contributed by atoms with E-state index in [0.29, 0.717) is 12.8 Å². The molecule has 1 aliphatic heterocycles. The van der Waals surface area contributed by atoms with Gasteiger partial charge in [0.15, 0.2) is 11.9 Å². The van der Waals surface area contributed by atoms with Crippen LogP contribution in [0.1, 0.15) is 65.2 Å². The molecule has 28 nitrogen and oxygen atoms in total. The first-order chi connectivity index (χ1) is 29.0. The largest absolute Gasteiger partial charge is 0.525 e. The first-order valence-electron chi connectivity index (χ1n) is 19.0. The molecule has 0 aliphatic carbocycles. The molecule has 1 rings (SSSR count). The predicted octanol–water partition coefficient (Wildman–Crippen LogP) is -6.07. The number of hydrogen-bond donors (Lipinski definition) is 15. The second kappa shape index (κ2) is 27.1. The van der Waals surface area contributed by atoms with Gasteiger partial charge < -0.3 is 82.2 Å². The SMILES string of the molecule is CC(O)C(NC(=O)C(CCCCN)NOC(=O)CCC(=O)OCC(O)C1OC(=O)C(OP(=O)(O)O)=C1O)C(=O)NC(C(=O)NC(CCCCN)C(=O)NC(CO)C(=O)O)C(C)O. The summed E-state index contributed by atoms with van der Waals surface area (Å²) in [5, 5.41) is 68.3. The number of aliphatic carboxylic acids is 1. The minimum Gasteiger partial charge on any atom is -0.505 e. The van der Waals surface area contributed by atoms with E-state index >= 15 is 0 Å². The Balaban J connectivity index is 2.94. The van der Waals surface area contributed by atoms with E-state index in [1.165, 1.54) is 0 Å². The van der Waals surface area contributed by atoms with Gasteiger partial charge in [-0.2, -0.15) is 0 Å². The Morgan fingerprint density at radius 1 is 0.758 bits per heavy atom. The molecule has 0 saturated heterocycles. The van der Waals surface area contributed by atoms with Crippen LogP contribution in [0.25, 0.3) is 0 Å². The lowest BCUT2D eigenvalue weighted by atomic mass is 10.0. The number of esters is 2. The average Bonchev–Trinajstić information content (AvgIpc) is 3.46. The maximum absolute atomic E-state index is 13.4. The fourth-order valence-corrected chi connectivity index (χ4v) is 5.58. The van der Waals surface area contributed by atoms with Crippen molar-refractivity contribution < 1.29 is 102 Å². The van der Waals surface area contributed by atoms with Gasteiger partial charge >= 0.3 is 31.7 Å². The van der Waals surface area contributed by atoms with E-state index < -0.39 is 148 Å². The molecule has 0 radical (unpaired) electrons. The number of carbonyl (C=O) groups excluding carboxylic acids is 7. The summed E-state index contributed by atoms with van der Waals surface area (Å²) in [5.74, 6) is -12.1. The second-order valence-corrected chi connectivity index (χ2v) is 14.8. The number of carboxylic acids is 1. The monoisotopic (exact) mass is 917 g/mol. The summed E-state index contributed by atoms with van der Waals surface area (Å²) in [6, 6.07) is -8.15. The lowest BCUT2D eigenvalue weighted by Crippen LogP contribution is -2.62. The number of unbranched alkanes of at least 4 members (excludes halogenated alkanes) is 2. The van der Waals surface area contributed by atoms with Gasteiger partial charge in [0, 0.05) is 0 Å². The van der Waals surface area contributed by atoms with E-state index in [1.54, 1.807) is 0 Å². The number of amides is 4. The molecule has 0 aromatic heterocycles. The molecule has 0 aromatic rings. The fraction of sp³-hybridized carbons (Fsp3) is 0.697. The number of hydrogen-bond acceptors (Lipinski definition) is 21. The maximum atomic E-state index is 13.4. The summed E-state index contributed by atoms with van der Waals surface area (Å²) < 4.78 is 24.4. The number of cyclic esters (lactones) is 1. The second-order valence-electron chi connectivity index (χ2n) is 13.7. The third kappa shape index (κ3) is 19.3. The molecule has 0 fully saturated rings. The molecule has 1 aliphatic rings. The van der Waals surface area contributed by atoms with Crippen LogP contribution in [0.15, 0.2) is 11.5 Å². The molecular weight excluding hydrogens is 861 g/mol. The highest BCUT2D eigenvalue weighted by Crippen LogP contribution is 2.42. The Morgan fingerprint density at radius 3 is 1.74 bits per heavy atom. The van der Waals surface area contributed by atoms with Gasteiger partial charge in [-0.3, -0.25) is 38.6 Å². The molecule has 0 saturated carbocycles. The molecule has 9 unspecified atom stereocenters. The molecule has 4 amide bonds. The molecular formula is C33H56N7O21P. The van der Waals surface area contributed by atoms with E-state index in [1.807, 2.05) is 0 Å². The van der Waals surface area contributed by atoms with Crippen molar-refractivity contribution in [1.29, 1.82) is 0 Å². The molecule has 17 N–H and O–H groups in total. The van der Waals surface area contributed by atoms with Crippen molar-refractivity contribution in [3.8, 4) is 0 Å². The smallest absolute Gasteiger partial charge is 0.505 e. The van der Waals surface area contributed by atoms with E-state index in [4.69, 9.17) is 30.8 Å². The van der Waals surface area contributed by atoms with Crippen LogP contribution in [0.5, 0.6) is 0 Å². The van der Waals surface area contributed by atoms with E-state index in [9.17, 15) is 73.6 Å². The van der Waals surface area contributed by atoms with Gasteiger partial charge in [0.05, 0.1) is 31.7 Å². The number of aliphatic hydroxyl groups excluding tert-OH is 5. The third-order valence-electron chi connectivity index (χ3n) is 8.51. The number of rotatable bonds is 30. The standard InChI is InChI=1S/C33H56N7O21P/c1-15(42)23(30(50)36-17(7-3-5-11-34)28(48)37-19(13-41)32(52)53)39-31(51)24(16(2)43)38-29(49)18(8-4-6-12-35)40-60-22(46)10-9-21(45)58-14-20(44)26-25(47)27(33(54)59-26)61-62(55,56)57/h15-20,23-24,26,40-44,47H,3-14,34-35H2,1-2H3,(H,36,50)(H,37,48)(H,38,49)(H,39,51)(H,52,53)(H2,55,56,57). The van der Waals surface area contributed by atoms with Crippen molar-refractivity contribution in [2.75, 3.05) is 26.3 Å². The number of hydroxylamine groups is 1.